The van der Waals surface area contributed by atoms with Gasteiger partial charge in [0.05, 0.1) is 0 Å². The maximum absolute atomic E-state index is 5.99. The quantitative estimate of drug-likeness (QED) is 0.844. The van der Waals surface area contributed by atoms with Crippen LogP contribution in [0.4, 0.5) is 0 Å². The molecule has 1 aromatic rings. The van der Waals surface area contributed by atoms with E-state index in [0.717, 1.165) is 19.6 Å². The Morgan fingerprint density at radius 2 is 1.81 bits per heavy atom. The molecule has 1 heterocycles. The highest BCUT2D eigenvalue weighted by Gasteiger charge is 2.34. The molecular weight excluding hydrogens is 196 g/mol. The molecule has 88 valence electrons. The van der Waals surface area contributed by atoms with E-state index >= 15 is 0 Å². The van der Waals surface area contributed by atoms with E-state index in [2.05, 4.69) is 49.9 Å². The van der Waals surface area contributed by atoms with Crippen LogP contribution in [-0.2, 0) is 6.54 Å². The van der Waals surface area contributed by atoms with Gasteiger partial charge in [-0.25, -0.2) is 0 Å². The normalized spacial score (nSPS) is 19.8. The second-order valence-corrected chi connectivity index (χ2v) is 5.70. The number of hydrogen-bond donors (Lipinski definition) is 1. The predicted molar refractivity (Wildman–Crippen MR) is 68.4 cm³/mol. The SMILES string of the molecule is CC(C)c1ccc(CN2CC(C)(N)C2)cc1. The molecule has 0 unspecified atom stereocenters. The van der Waals surface area contributed by atoms with Crippen molar-refractivity contribution in [2.75, 3.05) is 13.1 Å². The van der Waals surface area contributed by atoms with Gasteiger partial charge < -0.3 is 5.73 Å². The highest BCUT2D eigenvalue weighted by molar-refractivity contribution is 5.25. The van der Waals surface area contributed by atoms with E-state index in [1.165, 1.54) is 11.1 Å². The number of hydrogen-bond acceptors (Lipinski definition) is 2. The van der Waals surface area contributed by atoms with Crippen LogP contribution in [0, 0.1) is 0 Å². The second kappa shape index (κ2) is 4.19. The summed E-state index contributed by atoms with van der Waals surface area (Å²) < 4.78 is 0. The fraction of sp³-hybridized carbons (Fsp3) is 0.571. The van der Waals surface area contributed by atoms with Gasteiger partial charge in [0.1, 0.15) is 0 Å². The summed E-state index contributed by atoms with van der Waals surface area (Å²) in [6.45, 7) is 9.63. The third-order valence-corrected chi connectivity index (χ3v) is 3.22. The lowest BCUT2D eigenvalue weighted by Crippen LogP contribution is -2.64. The molecule has 1 aliphatic heterocycles. The zero-order chi connectivity index (χ0) is 11.8. The average Bonchev–Trinajstić information content (AvgIpc) is 2.15. The van der Waals surface area contributed by atoms with Crippen molar-refractivity contribution in [3.63, 3.8) is 0 Å². The molecule has 0 saturated carbocycles. The van der Waals surface area contributed by atoms with Gasteiger partial charge >= 0.3 is 0 Å². The zero-order valence-corrected chi connectivity index (χ0v) is 10.5. The van der Waals surface area contributed by atoms with Crippen LogP contribution in [0.1, 0.15) is 37.8 Å². The molecule has 1 saturated heterocycles. The first-order valence-corrected chi connectivity index (χ1v) is 6.06. The lowest BCUT2D eigenvalue weighted by atomic mass is 9.93. The third-order valence-electron chi connectivity index (χ3n) is 3.22. The minimum absolute atomic E-state index is 0.0396. The molecule has 0 bridgehead atoms. The van der Waals surface area contributed by atoms with Crippen molar-refractivity contribution in [1.82, 2.24) is 4.90 Å². The van der Waals surface area contributed by atoms with Crippen LogP contribution in [-0.4, -0.2) is 23.5 Å². The van der Waals surface area contributed by atoms with Crippen molar-refractivity contribution < 1.29 is 0 Å². The molecule has 0 atom stereocenters. The van der Waals surface area contributed by atoms with Gasteiger partial charge in [-0.3, -0.25) is 4.90 Å². The summed E-state index contributed by atoms with van der Waals surface area (Å²) in [5.74, 6) is 0.616. The molecule has 1 fully saturated rings. The van der Waals surface area contributed by atoms with E-state index in [1.54, 1.807) is 0 Å². The first kappa shape index (κ1) is 11.6. The number of likely N-dealkylation sites (tertiary alicyclic amines) is 1. The largest absolute Gasteiger partial charge is 0.323 e. The number of nitrogens with zero attached hydrogens (tertiary/aromatic N) is 1. The van der Waals surface area contributed by atoms with E-state index in [9.17, 15) is 0 Å². The Bertz CT molecular complexity index is 344. The monoisotopic (exact) mass is 218 g/mol. The van der Waals surface area contributed by atoms with Crippen molar-refractivity contribution in [2.24, 2.45) is 5.73 Å². The van der Waals surface area contributed by atoms with Gasteiger partial charge in [-0.05, 0) is 24.0 Å². The summed E-state index contributed by atoms with van der Waals surface area (Å²) in [7, 11) is 0. The van der Waals surface area contributed by atoms with E-state index < -0.39 is 0 Å². The zero-order valence-electron chi connectivity index (χ0n) is 10.5. The van der Waals surface area contributed by atoms with E-state index in [4.69, 9.17) is 5.73 Å². The van der Waals surface area contributed by atoms with Crippen molar-refractivity contribution in [3.8, 4) is 0 Å². The molecule has 2 nitrogen and oxygen atoms in total. The molecule has 1 aliphatic rings. The Morgan fingerprint density at radius 1 is 1.25 bits per heavy atom. The Morgan fingerprint density at radius 3 is 2.25 bits per heavy atom. The number of nitrogens with two attached hydrogens (primary N) is 1. The van der Waals surface area contributed by atoms with Crippen LogP contribution in [0.25, 0.3) is 0 Å². The van der Waals surface area contributed by atoms with Crippen molar-refractivity contribution in [3.05, 3.63) is 35.4 Å². The van der Waals surface area contributed by atoms with Gasteiger partial charge in [-0.2, -0.15) is 0 Å². The number of benzene rings is 1. The Kier molecular flexibility index (Phi) is 3.04. The summed E-state index contributed by atoms with van der Waals surface area (Å²) in [4.78, 5) is 2.39. The third kappa shape index (κ3) is 2.63. The molecule has 0 aromatic heterocycles. The maximum Gasteiger partial charge on any atom is 0.0384 e. The van der Waals surface area contributed by atoms with Crippen LogP contribution in [0.3, 0.4) is 0 Å². The highest BCUT2D eigenvalue weighted by Crippen LogP contribution is 2.21. The Labute approximate surface area is 98.4 Å². The van der Waals surface area contributed by atoms with Gasteiger partial charge in [-0.1, -0.05) is 38.1 Å². The van der Waals surface area contributed by atoms with E-state index in [-0.39, 0.29) is 5.54 Å². The lowest BCUT2D eigenvalue weighted by molar-refractivity contribution is 0.0764. The smallest absolute Gasteiger partial charge is 0.0384 e. The summed E-state index contributed by atoms with van der Waals surface area (Å²) in [5.41, 5.74) is 8.83. The number of rotatable bonds is 3. The molecule has 16 heavy (non-hydrogen) atoms. The molecule has 1 aromatic carbocycles. The molecule has 0 aliphatic carbocycles. The topological polar surface area (TPSA) is 29.3 Å². The van der Waals surface area contributed by atoms with Crippen LogP contribution >= 0.6 is 0 Å². The average molecular weight is 218 g/mol. The molecule has 0 amide bonds. The minimum atomic E-state index is 0.0396. The van der Waals surface area contributed by atoms with E-state index in [1.807, 2.05) is 0 Å². The van der Waals surface area contributed by atoms with Crippen LogP contribution in [0.5, 0.6) is 0 Å². The Hall–Kier alpha value is -0.860. The van der Waals surface area contributed by atoms with Crippen LogP contribution in [0.15, 0.2) is 24.3 Å². The Balaban J connectivity index is 1.91. The summed E-state index contributed by atoms with van der Waals surface area (Å²) in [6.07, 6.45) is 0. The second-order valence-electron chi connectivity index (χ2n) is 5.70. The van der Waals surface area contributed by atoms with Crippen LogP contribution < -0.4 is 5.73 Å². The highest BCUT2D eigenvalue weighted by atomic mass is 15.2. The molecule has 0 spiro atoms. The fourth-order valence-electron chi connectivity index (χ4n) is 2.35. The summed E-state index contributed by atoms with van der Waals surface area (Å²) in [6, 6.07) is 8.95. The standard InChI is InChI=1S/C14H22N2/c1-11(2)13-6-4-12(5-7-13)8-16-9-14(3,15)10-16/h4-7,11H,8-10,15H2,1-3H3. The molecule has 2 N–H and O–H groups in total. The van der Waals surface area contributed by atoms with Crippen molar-refractivity contribution in [2.45, 2.75) is 38.8 Å². The molecule has 0 radical (unpaired) electrons. The van der Waals surface area contributed by atoms with Crippen molar-refractivity contribution in [1.29, 1.82) is 0 Å². The first-order chi connectivity index (χ1) is 7.46. The molecule has 2 heteroatoms. The molecular formula is C14H22N2. The van der Waals surface area contributed by atoms with Gasteiger partial charge in [0, 0.05) is 25.2 Å². The summed E-state index contributed by atoms with van der Waals surface area (Å²) in [5, 5.41) is 0. The van der Waals surface area contributed by atoms with Crippen molar-refractivity contribution >= 4 is 0 Å². The van der Waals surface area contributed by atoms with Gasteiger partial charge in [0.25, 0.3) is 0 Å². The van der Waals surface area contributed by atoms with Crippen LogP contribution in [0.2, 0.25) is 0 Å². The van der Waals surface area contributed by atoms with E-state index in [0.29, 0.717) is 5.92 Å². The first-order valence-electron chi connectivity index (χ1n) is 6.06. The van der Waals surface area contributed by atoms with Gasteiger partial charge in [0.2, 0.25) is 0 Å². The fourth-order valence-corrected chi connectivity index (χ4v) is 2.35. The molecule has 2 rings (SSSR count). The summed E-state index contributed by atoms with van der Waals surface area (Å²) >= 11 is 0. The minimum Gasteiger partial charge on any atom is -0.323 e. The predicted octanol–water partition coefficient (Wildman–Crippen LogP) is 2.34. The lowest BCUT2D eigenvalue weighted by Gasteiger charge is -2.45. The van der Waals surface area contributed by atoms with Gasteiger partial charge in [0.15, 0.2) is 0 Å². The maximum atomic E-state index is 5.99. The van der Waals surface area contributed by atoms with Gasteiger partial charge in [-0.15, -0.1) is 0 Å².